The third-order valence-corrected chi connectivity index (χ3v) is 3.25. The summed E-state index contributed by atoms with van der Waals surface area (Å²) in [5.41, 5.74) is 7.62. The van der Waals surface area contributed by atoms with E-state index in [4.69, 9.17) is 10.5 Å². The van der Waals surface area contributed by atoms with Crippen LogP contribution in [-0.2, 0) is 0 Å². The van der Waals surface area contributed by atoms with E-state index in [1.807, 2.05) is 23.8 Å². The highest BCUT2D eigenvalue weighted by Gasteiger charge is 2.13. The lowest BCUT2D eigenvalue weighted by atomic mass is 10.2. The van der Waals surface area contributed by atoms with Gasteiger partial charge in [-0.3, -0.25) is 0 Å². The van der Waals surface area contributed by atoms with Gasteiger partial charge in [-0.2, -0.15) is 11.3 Å². The zero-order valence-corrected chi connectivity index (χ0v) is 10.3. The summed E-state index contributed by atoms with van der Waals surface area (Å²) in [7, 11) is 0. The molecule has 2 nitrogen and oxygen atoms in total. The second-order valence-corrected chi connectivity index (χ2v) is 4.59. The first kappa shape index (κ1) is 12.1. The van der Waals surface area contributed by atoms with Gasteiger partial charge in [0.05, 0.1) is 0 Å². The Kier molecular flexibility index (Phi) is 3.76. The number of thiophene rings is 1. The van der Waals surface area contributed by atoms with Gasteiger partial charge >= 0.3 is 0 Å². The molecule has 0 saturated carbocycles. The Hall–Kier alpha value is -1.39. The summed E-state index contributed by atoms with van der Waals surface area (Å²) in [5.74, 6) is 0.248. The van der Waals surface area contributed by atoms with Gasteiger partial charge in [0, 0.05) is 18.2 Å². The summed E-state index contributed by atoms with van der Waals surface area (Å²) < 4.78 is 18.9. The molecular weight excluding hydrogens is 237 g/mol. The summed E-state index contributed by atoms with van der Waals surface area (Å²) in [6.45, 7) is 2.25. The molecule has 0 saturated heterocycles. The molecule has 2 N–H and O–H groups in total. The van der Waals surface area contributed by atoms with E-state index in [0.29, 0.717) is 12.3 Å². The lowest BCUT2D eigenvalue weighted by molar-refractivity contribution is 0.212. The minimum absolute atomic E-state index is 0.221. The van der Waals surface area contributed by atoms with Crippen LogP contribution in [0.5, 0.6) is 5.75 Å². The molecule has 0 bridgehead atoms. The number of rotatable bonds is 4. The van der Waals surface area contributed by atoms with Crippen LogP contribution in [0.2, 0.25) is 0 Å². The number of aryl methyl sites for hydroxylation is 1. The average Bonchev–Trinajstić information content (AvgIpc) is 2.84. The first-order valence-corrected chi connectivity index (χ1v) is 6.30. The molecule has 90 valence electrons. The van der Waals surface area contributed by atoms with Crippen molar-refractivity contribution < 1.29 is 9.13 Å². The molecule has 0 spiro atoms. The molecule has 0 aliphatic rings. The fraction of sp³-hybridized carbons (Fsp3) is 0.231. The topological polar surface area (TPSA) is 35.2 Å². The van der Waals surface area contributed by atoms with Gasteiger partial charge in [0.25, 0.3) is 0 Å². The number of halogens is 1. The van der Waals surface area contributed by atoms with E-state index in [0.717, 1.165) is 11.1 Å². The maximum atomic E-state index is 13.1. The van der Waals surface area contributed by atoms with Gasteiger partial charge in [0.15, 0.2) is 0 Å². The van der Waals surface area contributed by atoms with Crippen molar-refractivity contribution in [1.29, 1.82) is 0 Å². The van der Waals surface area contributed by atoms with Crippen molar-refractivity contribution in [3.05, 3.63) is 52.0 Å². The Bertz CT molecular complexity index is 484. The lowest BCUT2D eigenvalue weighted by Crippen LogP contribution is -2.18. The van der Waals surface area contributed by atoms with Gasteiger partial charge in [-0.15, -0.1) is 0 Å². The van der Waals surface area contributed by atoms with Crippen molar-refractivity contribution >= 4 is 11.3 Å². The summed E-state index contributed by atoms with van der Waals surface area (Å²) in [6, 6.07) is 6.48. The summed E-state index contributed by atoms with van der Waals surface area (Å²) >= 11 is 1.59. The first-order valence-electron chi connectivity index (χ1n) is 5.35. The van der Waals surface area contributed by atoms with E-state index < -0.39 is 0 Å². The minimum atomic E-state index is -0.299. The predicted octanol–water partition coefficient (Wildman–Crippen LogP) is 3.27. The van der Waals surface area contributed by atoms with Crippen molar-refractivity contribution in [1.82, 2.24) is 0 Å². The van der Waals surface area contributed by atoms with Crippen molar-refractivity contribution in [3.8, 4) is 5.75 Å². The van der Waals surface area contributed by atoms with Gasteiger partial charge in [-0.05, 0) is 35.4 Å². The number of nitrogens with two attached hydrogens (primary N) is 1. The fourth-order valence-corrected chi connectivity index (χ4v) is 2.27. The maximum Gasteiger partial charge on any atom is 0.137 e. The number of ether oxygens (including phenoxy) is 1. The molecule has 0 fully saturated rings. The molecule has 1 aromatic carbocycles. The highest BCUT2D eigenvalue weighted by molar-refractivity contribution is 7.07. The lowest BCUT2D eigenvalue weighted by Gasteiger charge is -2.18. The predicted molar refractivity (Wildman–Crippen MR) is 67.9 cm³/mol. The van der Waals surface area contributed by atoms with Gasteiger partial charge in [0.1, 0.15) is 17.7 Å². The van der Waals surface area contributed by atoms with E-state index >= 15 is 0 Å². The van der Waals surface area contributed by atoms with E-state index in [-0.39, 0.29) is 11.9 Å². The molecular formula is C13H14FNOS. The van der Waals surface area contributed by atoms with Crippen LogP contribution in [0.4, 0.5) is 4.39 Å². The van der Waals surface area contributed by atoms with Gasteiger partial charge in [-0.25, -0.2) is 4.39 Å². The van der Waals surface area contributed by atoms with Crippen LogP contribution >= 0.6 is 11.3 Å². The third kappa shape index (κ3) is 2.84. The van der Waals surface area contributed by atoms with E-state index in [2.05, 4.69) is 0 Å². The number of benzene rings is 1. The maximum absolute atomic E-state index is 13.1. The smallest absolute Gasteiger partial charge is 0.137 e. The molecule has 0 aliphatic heterocycles. The molecule has 2 aromatic rings. The number of hydrogen-bond donors (Lipinski definition) is 1. The van der Waals surface area contributed by atoms with Gasteiger partial charge < -0.3 is 10.5 Å². The standard InChI is InChI=1S/C13H14FNOS/c1-9-2-3-11(14)6-12(9)16-13(7-15)10-4-5-17-8-10/h2-6,8,13H,7,15H2,1H3. The molecule has 17 heavy (non-hydrogen) atoms. The Balaban J connectivity index is 2.21. The zero-order chi connectivity index (χ0) is 12.3. The van der Waals surface area contributed by atoms with Crippen LogP contribution < -0.4 is 10.5 Å². The molecule has 0 amide bonds. The number of hydrogen-bond acceptors (Lipinski definition) is 3. The monoisotopic (exact) mass is 251 g/mol. The van der Waals surface area contributed by atoms with Crippen LogP contribution in [-0.4, -0.2) is 6.54 Å². The zero-order valence-electron chi connectivity index (χ0n) is 9.52. The van der Waals surface area contributed by atoms with Gasteiger partial charge in [0.2, 0.25) is 0 Å². The third-order valence-electron chi connectivity index (χ3n) is 2.55. The van der Waals surface area contributed by atoms with Crippen LogP contribution in [0.1, 0.15) is 17.2 Å². The summed E-state index contributed by atoms with van der Waals surface area (Å²) in [6.07, 6.45) is -0.221. The first-order chi connectivity index (χ1) is 8.20. The van der Waals surface area contributed by atoms with Crippen LogP contribution in [0, 0.1) is 12.7 Å². The molecule has 2 rings (SSSR count). The Morgan fingerprint density at radius 1 is 1.41 bits per heavy atom. The summed E-state index contributed by atoms with van der Waals surface area (Å²) in [5, 5.41) is 3.96. The van der Waals surface area contributed by atoms with Crippen LogP contribution in [0.3, 0.4) is 0 Å². The SMILES string of the molecule is Cc1ccc(F)cc1OC(CN)c1ccsc1. The molecule has 1 heterocycles. The quantitative estimate of drug-likeness (QED) is 0.905. The Labute approximate surface area is 104 Å². The molecule has 0 aliphatic carbocycles. The average molecular weight is 251 g/mol. The normalized spacial score (nSPS) is 12.4. The highest BCUT2D eigenvalue weighted by atomic mass is 32.1. The van der Waals surface area contributed by atoms with Crippen LogP contribution in [0.15, 0.2) is 35.0 Å². The second-order valence-electron chi connectivity index (χ2n) is 3.81. The molecule has 4 heteroatoms. The molecule has 1 unspecified atom stereocenters. The molecule has 0 radical (unpaired) electrons. The van der Waals surface area contributed by atoms with Crippen molar-refractivity contribution in [2.24, 2.45) is 5.73 Å². The van der Waals surface area contributed by atoms with E-state index in [9.17, 15) is 4.39 Å². The Morgan fingerprint density at radius 3 is 2.88 bits per heavy atom. The van der Waals surface area contributed by atoms with E-state index in [1.54, 1.807) is 17.4 Å². The summed E-state index contributed by atoms with van der Waals surface area (Å²) in [4.78, 5) is 0. The van der Waals surface area contributed by atoms with E-state index in [1.165, 1.54) is 12.1 Å². The van der Waals surface area contributed by atoms with Crippen molar-refractivity contribution in [3.63, 3.8) is 0 Å². The van der Waals surface area contributed by atoms with Crippen molar-refractivity contribution in [2.75, 3.05) is 6.54 Å². The Morgan fingerprint density at radius 2 is 2.24 bits per heavy atom. The van der Waals surface area contributed by atoms with Crippen molar-refractivity contribution in [2.45, 2.75) is 13.0 Å². The largest absolute Gasteiger partial charge is 0.484 e. The minimum Gasteiger partial charge on any atom is -0.484 e. The molecule has 1 aromatic heterocycles. The second kappa shape index (κ2) is 5.29. The highest BCUT2D eigenvalue weighted by Crippen LogP contribution is 2.26. The van der Waals surface area contributed by atoms with Crippen LogP contribution in [0.25, 0.3) is 0 Å². The molecule has 1 atom stereocenters. The van der Waals surface area contributed by atoms with Gasteiger partial charge in [-0.1, -0.05) is 6.07 Å². The fourth-order valence-electron chi connectivity index (χ4n) is 1.56.